The maximum atomic E-state index is 12.1. The van der Waals surface area contributed by atoms with Gasteiger partial charge in [0.05, 0.1) is 13.7 Å². The van der Waals surface area contributed by atoms with Crippen molar-refractivity contribution in [2.24, 2.45) is 17.3 Å². The predicted molar refractivity (Wildman–Crippen MR) is 129 cm³/mol. The summed E-state index contributed by atoms with van der Waals surface area (Å²) in [5.41, 5.74) is 3.23. The molecule has 1 saturated carbocycles. The molecule has 1 saturated heterocycles. The van der Waals surface area contributed by atoms with Crippen LogP contribution < -0.4 is 4.74 Å². The van der Waals surface area contributed by atoms with Crippen LogP contribution in [0.4, 0.5) is 0 Å². The van der Waals surface area contributed by atoms with E-state index in [0.29, 0.717) is 25.4 Å². The third kappa shape index (κ3) is 3.36. The zero-order chi connectivity index (χ0) is 21.8. The van der Waals surface area contributed by atoms with Crippen molar-refractivity contribution < 1.29 is 19.4 Å². The van der Waals surface area contributed by atoms with Crippen molar-refractivity contribution in [3.8, 4) is 18.1 Å². The van der Waals surface area contributed by atoms with E-state index in [1.807, 2.05) is 18.2 Å². The van der Waals surface area contributed by atoms with Crippen molar-refractivity contribution in [2.45, 2.75) is 57.2 Å². The molecule has 1 N–H and O–H groups in total. The molecule has 2 unspecified atom stereocenters. The molecule has 1 aromatic carbocycles. The van der Waals surface area contributed by atoms with Gasteiger partial charge in [0.1, 0.15) is 17.5 Å². The number of hydrogen-bond acceptors (Lipinski definition) is 4. The van der Waals surface area contributed by atoms with E-state index in [9.17, 15) is 9.90 Å². The van der Waals surface area contributed by atoms with Crippen LogP contribution in [0.3, 0.4) is 0 Å². The highest BCUT2D eigenvalue weighted by Crippen LogP contribution is 2.61. The van der Waals surface area contributed by atoms with Gasteiger partial charge in [0.25, 0.3) is 0 Å². The van der Waals surface area contributed by atoms with Crippen molar-refractivity contribution in [1.82, 2.24) is 0 Å². The van der Waals surface area contributed by atoms with Gasteiger partial charge in [0.15, 0.2) is 5.78 Å². The number of hydrogen-bond donors (Lipinski definition) is 1. The lowest BCUT2D eigenvalue weighted by molar-refractivity contribution is -0.114. The topological polar surface area (TPSA) is 55.8 Å². The minimum absolute atomic E-state index is 0. The smallest absolute Gasteiger partial charge is 0.156 e. The Morgan fingerprint density at radius 3 is 2.62 bits per heavy atom. The van der Waals surface area contributed by atoms with Crippen LogP contribution in [0.25, 0.3) is 0 Å². The van der Waals surface area contributed by atoms with Gasteiger partial charge in [-0.05, 0) is 84.4 Å². The number of allylic oxidation sites excluding steroid dienone is 3. The van der Waals surface area contributed by atoms with E-state index in [1.165, 1.54) is 16.7 Å². The monoisotopic (exact) mass is 452 g/mol. The van der Waals surface area contributed by atoms with E-state index in [4.69, 9.17) is 15.9 Å². The number of fused-ring (bicyclic) bond motifs is 4. The number of carbonyl (C=O) groups is 1. The van der Waals surface area contributed by atoms with Crippen molar-refractivity contribution in [1.29, 1.82) is 0 Å². The molecule has 2 fully saturated rings. The summed E-state index contributed by atoms with van der Waals surface area (Å²) in [4.78, 5) is 12.1. The number of ether oxygens (including phenoxy) is 2. The van der Waals surface area contributed by atoms with Crippen LogP contribution in [-0.4, -0.2) is 30.2 Å². The Bertz CT molecular complexity index is 1020. The van der Waals surface area contributed by atoms with Gasteiger partial charge in [-0.2, -0.15) is 13.5 Å². The molecule has 0 radical (unpaired) electrons. The number of terminal acetylenes is 1. The van der Waals surface area contributed by atoms with E-state index >= 15 is 0 Å². The fourth-order valence-electron chi connectivity index (χ4n) is 6.56. The first kappa shape index (κ1) is 23.2. The highest BCUT2D eigenvalue weighted by Gasteiger charge is 2.61. The van der Waals surface area contributed by atoms with E-state index in [1.54, 1.807) is 7.11 Å². The zero-order valence-electron chi connectivity index (χ0n) is 18.8. The molecule has 5 atom stereocenters. The number of aliphatic hydroxyl groups is 1. The first-order valence-electron chi connectivity index (χ1n) is 11.3. The third-order valence-electron chi connectivity index (χ3n) is 8.37. The number of carbonyl (C=O) groups excluding carboxylic acids is 1. The van der Waals surface area contributed by atoms with E-state index in [2.05, 4.69) is 25.0 Å². The highest BCUT2D eigenvalue weighted by molar-refractivity contribution is 7.59. The quantitative estimate of drug-likeness (QED) is 0.664. The summed E-state index contributed by atoms with van der Waals surface area (Å²) in [5.74, 6) is 4.31. The molecule has 0 bridgehead atoms. The number of benzene rings is 1. The van der Waals surface area contributed by atoms with Crippen LogP contribution in [0, 0.1) is 29.6 Å². The number of methoxy groups -OCH3 is 1. The van der Waals surface area contributed by atoms with E-state index < -0.39 is 11.0 Å². The van der Waals surface area contributed by atoms with Crippen LogP contribution in [0.2, 0.25) is 0 Å². The Morgan fingerprint density at radius 1 is 1.19 bits per heavy atom. The summed E-state index contributed by atoms with van der Waals surface area (Å²) in [6.07, 6.45) is 12.2. The third-order valence-corrected chi connectivity index (χ3v) is 8.37. The highest BCUT2D eigenvalue weighted by atomic mass is 32.1. The normalized spacial score (nSPS) is 36.0. The minimum Gasteiger partial charge on any atom is -0.497 e. The molecule has 4 nitrogen and oxygen atoms in total. The first-order valence-corrected chi connectivity index (χ1v) is 11.3. The molecule has 1 aliphatic heterocycles. The summed E-state index contributed by atoms with van der Waals surface area (Å²) >= 11 is 0. The van der Waals surface area contributed by atoms with E-state index in [-0.39, 0.29) is 31.3 Å². The van der Waals surface area contributed by atoms with Gasteiger partial charge in [0.2, 0.25) is 0 Å². The van der Waals surface area contributed by atoms with Crippen LogP contribution in [0.5, 0.6) is 5.75 Å². The molecule has 1 heterocycles. The Morgan fingerprint density at radius 2 is 1.94 bits per heavy atom. The molecule has 0 spiro atoms. The molecule has 0 amide bonds. The van der Waals surface area contributed by atoms with Gasteiger partial charge in [-0.25, -0.2) is 0 Å². The largest absolute Gasteiger partial charge is 0.497 e. The van der Waals surface area contributed by atoms with Gasteiger partial charge < -0.3 is 14.6 Å². The van der Waals surface area contributed by atoms with Gasteiger partial charge in [0, 0.05) is 11.8 Å². The second-order valence-corrected chi connectivity index (χ2v) is 9.75. The van der Waals surface area contributed by atoms with Crippen molar-refractivity contribution in [2.75, 3.05) is 13.7 Å². The van der Waals surface area contributed by atoms with Crippen LogP contribution >= 0.6 is 13.5 Å². The predicted octanol–water partition coefficient (Wildman–Crippen LogP) is 4.66. The summed E-state index contributed by atoms with van der Waals surface area (Å²) in [7, 11) is 1.66. The molecule has 170 valence electrons. The zero-order valence-corrected chi connectivity index (χ0v) is 19.8. The lowest BCUT2D eigenvalue weighted by Gasteiger charge is -2.42. The van der Waals surface area contributed by atoms with Crippen molar-refractivity contribution >= 4 is 19.3 Å². The SMILES string of the molecule is C#C[C@]1(O)CCC2C3CCC4=CC(=O)CCC4=C3[C@H](c3ccc(OC)cc3)OC[C@@]21C.S. The Labute approximate surface area is 197 Å². The van der Waals surface area contributed by atoms with Crippen LogP contribution in [0.15, 0.2) is 47.1 Å². The fourth-order valence-corrected chi connectivity index (χ4v) is 6.56. The fraction of sp³-hybridized carbons (Fsp3) is 0.519. The van der Waals surface area contributed by atoms with E-state index in [0.717, 1.165) is 37.0 Å². The minimum atomic E-state index is -1.15. The van der Waals surface area contributed by atoms with Crippen molar-refractivity contribution in [3.05, 3.63) is 52.6 Å². The second-order valence-electron chi connectivity index (χ2n) is 9.75. The molecular formula is C27H32O4S. The Kier molecular flexibility index (Phi) is 6.09. The molecular weight excluding hydrogens is 420 g/mol. The average Bonchev–Trinajstić information content (AvgIpc) is 2.96. The summed E-state index contributed by atoms with van der Waals surface area (Å²) in [6, 6.07) is 8.07. The first-order chi connectivity index (χ1) is 14.9. The second kappa shape index (κ2) is 8.41. The van der Waals surface area contributed by atoms with Gasteiger partial charge >= 0.3 is 0 Å². The summed E-state index contributed by atoms with van der Waals surface area (Å²) in [6.45, 7) is 2.53. The standard InChI is InChI=1S/C27H30O4.H2S/c1-4-27(29)14-13-23-22-11-7-18-15-19(28)8-12-21(18)24(22)25(31-16-26(23,27)2)17-5-9-20(30-3)10-6-17;/h1,5-6,9-10,15,22-23,25,29H,7-8,11-14,16H2,2-3H3;1H2/t22?,23?,25-,26-,27-;/m0./s1. The van der Waals surface area contributed by atoms with Gasteiger partial charge in [-0.15, -0.1) is 6.42 Å². The molecule has 3 aliphatic carbocycles. The Balaban J connectivity index is 0.00000245. The maximum Gasteiger partial charge on any atom is 0.156 e. The van der Waals surface area contributed by atoms with Crippen molar-refractivity contribution in [3.63, 3.8) is 0 Å². The molecule has 4 aliphatic rings. The van der Waals surface area contributed by atoms with Crippen LogP contribution in [-0.2, 0) is 9.53 Å². The Hall–Kier alpha value is -2.00. The number of ketones is 1. The lowest BCUT2D eigenvalue weighted by Crippen LogP contribution is -2.48. The molecule has 0 aromatic heterocycles. The molecule has 5 rings (SSSR count). The molecule has 32 heavy (non-hydrogen) atoms. The molecule has 5 heteroatoms. The summed E-state index contributed by atoms with van der Waals surface area (Å²) in [5, 5.41) is 11.4. The maximum absolute atomic E-state index is 12.1. The van der Waals surface area contributed by atoms with Gasteiger partial charge in [-0.3, -0.25) is 4.79 Å². The van der Waals surface area contributed by atoms with Gasteiger partial charge in [-0.1, -0.05) is 25.0 Å². The molecule has 1 aromatic rings. The summed E-state index contributed by atoms with van der Waals surface area (Å²) < 4.78 is 12.0. The average molecular weight is 453 g/mol. The number of rotatable bonds is 2. The van der Waals surface area contributed by atoms with Crippen LogP contribution in [0.1, 0.15) is 57.1 Å². The lowest BCUT2D eigenvalue weighted by atomic mass is 9.62.